The Hall–Kier alpha value is -3.91. The van der Waals surface area contributed by atoms with Crippen LogP contribution in [0.25, 0.3) is 17.1 Å². The van der Waals surface area contributed by atoms with Crippen molar-refractivity contribution >= 4 is 29.1 Å². The molecule has 8 heteroatoms. The quantitative estimate of drug-likeness (QED) is 0.284. The van der Waals surface area contributed by atoms with E-state index in [-0.39, 0.29) is 23.2 Å². The number of ketones is 1. The molecule has 2 N–H and O–H groups in total. The number of para-hydroxylation sites is 1. The van der Waals surface area contributed by atoms with Crippen LogP contribution in [0.15, 0.2) is 71.9 Å². The summed E-state index contributed by atoms with van der Waals surface area (Å²) >= 11 is 1.24. The highest BCUT2D eigenvalue weighted by Crippen LogP contribution is 2.33. The van der Waals surface area contributed by atoms with Crippen molar-refractivity contribution in [2.75, 3.05) is 11.1 Å². The minimum absolute atomic E-state index is 0.0660. The van der Waals surface area contributed by atoms with Crippen molar-refractivity contribution in [1.29, 1.82) is 0 Å². The molecule has 0 saturated heterocycles. The van der Waals surface area contributed by atoms with Gasteiger partial charge in [0.25, 0.3) is 0 Å². The lowest BCUT2D eigenvalue weighted by Crippen LogP contribution is -2.15. The first-order valence-electron chi connectivity index (χ1n) is 10.7. The first kappa shape index (κ1) is 23.3. The van der Waals surface area contributed by atoms with E-state index < -0.39 is 0 Å². The van der Waals surface area contributed by atoms with Crippen molar-refractivity contribution in [2.45, 2.75) is 25.9 Å². The van der Waals surface area contributed by atoms with Crippen LogP contribution in [-0.2, 0) is 4.79 Å². The summed E-state index contributed by atoms with van der Waals surface area (Å²) in [6.07, 6.45) is 0. The predicted molar refractivity (Wildman–Crippen MR) is 134 cm³/mol. The van der Waals surface area contributed by atoms with Crippen molar-refractivity contribution in [2.24, 2.45) is 0 Å². The Morgan fingerprint density at radius 3 is 2.53 bits per heavy atom. The maximum absolute atomic E-state index is 12.6. The number of rotatable bonds is 7. The number of carbonyl (C=O) groups excluding carboxylic acids is 2. The van der Waals surface area contributed by atoms with E-state index in [9.17, 15) is 14.7 Å². The van der Waals surface area contributed by atoms with Crippen molar-refractivity contribution in [3.05, 3.63) is 83.4 Å². The summed E-state index contributed by atoms with van der Waals surface area (Å²) in [4.78, 5) is 24.2. The molecule has 0 aliphatic heterocycles. The molecule has 4 aromatic rings. The van der Waals surface area contributed by atoms with E-state index in [1.54, 1.807) is 42.5 Å². The maximum Gasteiger partial charge on any atom is 0.234 e. The number of phenolic OH excluding ortho intramolecular Hbond substituents is 1. The van der Waals surface area contributed by atoms with Crippen LogP contribution in [-0.4, -0.2) is 37.3 Å². The number of amides is 1. The fourth-order valence-corrected chi connectivity index (χ4v) is 4.36. The van der Waals surface area contributed by atoms with E-state index in [2.05, 4.69) is 21.6 Å². The Labute approximate surface area is 201 Å². The number of hydrogen-bond donors (Lipinski definition) is 2. The largest absolute Gasteiger partial charge is 0.507 e. The van der Waals surface area contributed by atoms with Gasteiger partial charge in [-0.05, 0) is 56.7 Å². The summed E-state index contributed by atoms with van der Waals surface area (Å²) in [7, 11) is 0. The van der Waals surface area contributed by atoms with E-state index in [0.29, 0.717) is 27.8 Å². The third kappa shape index (κ3) is 5.02. The maximum atomic E-state index is 12.6. The highest BCUT2D eigenvalue weighted by atomic mass is 32.2. The molecule has 0 fully saturated rings. The molecule has 34 heavy (non-hydrogen) atoms. The summed E-state index contributed by atoms with van der Waals surface area (Å²) < 4.78 is 1.86. The van der Waals surface area contributed by atoms with Crippen LogP contribution >= 0.6 is 11.8 Å². The van der Waals surface area contributed by atoms with Crippen LogP contribution in [0.2, 0.25) is 0 Å². The zero-order valence-corrected chi connectivity index (χ0v) is 19.9. The highest BCUT2D eigenvalue weighted by molar-refractivity contribution is 7.99. The lowest BCUT2D eigenvalue weighted by molar-refractivity contribution is -0.113. The second kappa shape index (κ2) is 9.93. The van der Waals surface area contributed by atoms with Crippen LogP contribution in [0.3, 0.4) is 0 Å². The number of benzene rings is 3. The molecule has 4 rings (SSSR count). The fraction of sp³-hybridized carbons (Fsp3) is 0.154. The van der Waals surface area contributed by atoms with Gasteiger partial charge in [0.15, 0.2) is 16.8 Å². The average molecular weight is 473 g/mol. The topological polar surface area (TPSA) is 97.1 Å². The number of thioether (sulfide) groups is 1. The lowest BCUT2D eigenvalue weighted by Gasteiger charge is -2.14. The van der Waals surface area contributed by atoms with Gasteiger partial charge in [-0.15, -0.1) is 10.2 Å². The van der Waals surface area contributed by atoms with Crippen LogP contribution in [0.1, 0.15) is 28.4 Å². The van der Waals surface area contributed by atoms with Gasteiger partial charge in [-0.1, -0.05) is 53.7 Å². The van der Waals surface area contributed by atoms with E-state index in [1.807, 2.05) is 36.6 Å². The van der Waals surface area contributed by atoms with Gasteiger partial charge in [-0.25, -0.2) is 0 Å². The normalized spacial score (nSPS) is 10.8. The summed E-state index contributed by atoms with van der Waals surface area (Å²) in [6, 6.07) is 19.8. The van der Waals surface area contributed by atoms with Gasteiger partial charge in [0.1, 0.15) is 5.75 Å². The predicted octanol–water partition coefficient (Wildman–Crippen LogP) is 5.19. The van der Waals surface area contributed by atoms with Crippen LogP contribution in [0.4, 0.5) is 5.69 Å². The minimum atomic E-state index is -0.231. The molecule has 172 valence electrons. The molecule has 0 saturated carbocycles. The number of carbonyl (C=O) groups is 2. The molecular formula is C26H24N4O3S. The average Bonchev–Trinajstić information content (AvgIpc) is 3.21. The van der Waals surface area contributed by atoms with Crippen molar-refractivity contribution in [3.63, 3.8) is 0 Å². The summed E-state index contributed by atoms with van der Waals surface area (Å²) in [5.41, 5.74) is 4.65. The van der Waals surface area contributed by atoms with Gasteiger partial charge < -0.3 is 10.4 Å². The smallest absolute Gasteiger partial charge is 0.234 e. The second-order valence-electron chi connectivity index (χ2n) is 7.92. The molecule has 1 heterocycles. The first-order chi connectivity index (χ1) is 16.3. The molecule has 0 aliphatic rings. The Bertz CT molecular complexity index is 1380. The Balaban J connectivity index is 1.63. The van der Waals surface area contributed by atoms with Crippen LogP contribution in [0, 0.1) is 13.8 Å². The molecule has 0 unspecified atom stereocenters. The van der Waals surface area contributed by atoms with Gasteiger partial charge in [0, 0.05) is 11.3 Å². The summed E-state index contributed by atoms with van der Waals surface area (Å²) in [5, 5.41) is 22.4. The standard InChI is InChI=1S/C26H24N4O3S/c1-16-11-12-22(17(2)13-16)30-25(21-9-4-5-10-23(21)32)28-29-26(30)34-15-24(33)27-20-8-6-7-19(14-20)18(3)31/h4-14,32H,15H2,1-3H3,(H,27,33). The van der Waals surface area contributed by atoms with Gasteiger partial charge in [0.2, 0.25) is 5.91 Å². The summed E-state index contributed by atoms with van der Waals surface area (Å²) in [6.45, 7) is 5.51. The molecule has 7 nitrogen and oxygen atoms in total. The highest BCUT2D eigenvalue weighted by Gasteiger charge is 2.20. The minimum Gasteiger partial charge on any atom is -0.507 e. The molecule has 3 aromatic carbocycles. The molecule has 0 aliphatic carbocycles. The van der Waals surface area contributed by atoms with Crippen LogP contribution in [0.5, 0.6) is 5.75 Å². The summed E-state index contributed by atoms with van der Waals surface area (Å²) in [5.74, 6) is 0.380. The SMILES string of the molecule is CC(=O)c1cccc(NC(=O)CSc2nnc(-c3ccccc3O)n2-c2ccc(C)cc2C)c1. The number of anilines is 1. The zero-order valence-electron chi connectivity index (χ0n) is 19.1. The number of aromatic nitrogens is 3. The van der Waals surface area contributed by atoms with E-state index in [1.165, 1.54) is 18.7 Å². The Kier molecular flexibility index (Phi) is 6.79. The number of aromatic hydroxyl groups is 1. The molecule has 1 aromatic heterocycles. The van der Waals surface area contributed by atoms with Crippen molar-refractivity contribution in [3.8, 4) is 22.8 Å². The van der Waals surface area contributed by atoms with E-state index in [0.717, 1.165) is 16.8 Å². The zero-order chi connectivity index (χ0) is 24.2. The fourth-order valence-electron chi connectivity index (χ4n) is 3.62. The lowest BCUT2D eigenvalue weighted by atomic mass is 10.1. The van der Waals surface area contributed by atoms with E-state index >= 15 is 0 Å². The van der Waals surface area contributed by atoms with E-state index in [4.69, 9.17) is 0 Å². The van der Waals surface area contributed by atoms with Crippen molar-refractivity contribution < 1.29 is 14.7 Å². The van der Waals surface area contributed by atoms with Gasteiger partial charge >= 0.3 is 0 Å². The number of hydrogen-bond acceptors (Lipinski definition) is 6. The number of nitrogens with zero attached hydrogens (tertiary/aromatic N) is 3. The first-order valence-corrected chi connectivity index (χ1v) is 11.7. The third-order valence-corrected chi connectivity index (χ3v) is 6.19. The van der Waals surface area contributed by atoms with Gasteiger partial charge in [-0.2, -0.15) is 0 Å². The number of nitrogens with one attached hydrogen (secondary N) is 1. The third-order valence-electron chi connectivity index (χ3n) is 5.26. The van der Waals surface area contributed by atoms with Crippen LogP contribution < -0.4 is 5.32 Å². The Morgan fingerprint density at radius 1 is 1.00 bits per heavy atom. The number of aryl methyl sites for hydroxylation is 2. The molecular weight excluding hydrogens is 448 g/mol. The van der Waals surface area contributed by atoms with Crippen molar-refractivity contribution in [1.82, 2.24) is 14.8 Å². The molecule has 0 radical (unpaired) electrons. The molecule has 0 atom stereocenters. The van der Waals surface area contributed by atoms with Gasteiger partial charge in [0.05, 0.1) is 17.0 Å². The molecule has 1 amide bonds. The second-order valence-corrected chi connectivity index (χ2v) is 8.87. The van der Waals surface area contributed by atoms with Gasteiger partial charge in [-0.3, -0.25) is 14.2 Å². The number of Topliss-reactive ketones (excluding diaryl/α,β-unsaturated/α-hetero) is 1. The molecule has 0 bridgehead atoms. The monoisotopic (exact) mass is 472 g/mol. The molecule has 0 spiro atoms. The number of phenols is 1. The Morgan fingerprint density at radius 2 is 1.79 bits per heavy atom.